The van der Waals surface area contributed by atoms with Crippen LogP contribution in [0.4, 0.5) is 27.6 Å². The third-order valence-electron chi connectivity index (χ3n) is 5.67. The van der Waals surface area contributed by atoms with E-state index in [9.17, 15) is 26.7 Å². The quantitative estimate of drug-likeness (QED) is 0.196. The summed E-state index contributed by atoms with van der Waals surface area (Å²) in [5.74, 6) is -4.47. The third-order valence-corrected chi connectivity index (χ3v) is 5.67. The Morgan fingerprint density at radius 2 is 1.46 bits per heavy atom. The highest BCUT2D eigenvalue weighted by Crippen LogP contribution is 2.47. The molecule has 0 saturated carbocycles. The summed E-state index contributed by atoms with van der Waals surface area (Å²) in [6.07, 6.45) is -5.99. The molecule has 4 rings (SSSR count). The maximum atomic E-state index is 14.5. The van der Waals surface area contributed by atoms with Crippen LogP contribution in [0.2, 0.25) is 0 Å². The van der Waals surface area contributed by atoms with Gasteiger partial charge in [0.1, 0.15) is 11.5 Å². The van der Waals surface area contributed by atoms with Crippen LogP contribution in [-0.4, -0.2) is 10.7 Å². The lowest BCUT2D eigenvalue weighted by Crippen LogP contribution is -2.36. The molecule has 0 bridgehead atoms. The van der Waals surface area contributed by atoms with Gasteiger partial charge in [-0.1, -0.05) is 48.0 Å². The van der Waals surface area contributed by atoms with Crippen LogP contribution in [0.1, 0.15) is 16.7 Å². The van der Waals surface area contributed by atoms with E-state index in [2.05, 4.69) is 4.85 Å². The lowest BCUT2D eigenvalue weighted by Gasteiger charge is -2.23. The SMILES string of the molecule is [C-]#[N+]c1c(C(F)(F)C(F)(F)F)cc(-c2ccc(Oc3ccccc3)cc2)n(Cc2ccc(C)cc2)c1=O. The molecule has 4 aromatic rings. The van der Waals surface area contributed by atoms with Gasteiger partial charge >= 0.3 is 12.1 Å². The molecule has 0 aliphatic carbocycles. The minimum atomic E-state index is -5.99. The maximum absolute atomic E-state index is 14.5. The highest BCUT2D eigenvalue weighted by atomic mass is 19.4. The maximum Gasteiger partial charge on any atom is 0.456 e. The van der Waals surface area contributed by atoms with Gasteiger partial charge in [0.2, 0.25) is 0 Å². The Morgan fingerprint density at radius 1 is 0.865 bits per heavy atom. The molecule has 0 saturated heterocycles. The van der Waals surface area contributed by atoms with Crippen molar-refractivity contribution in [1.29, 1.82) is 0 Å². The molecule has 0 radical (unpaired) electrons. The van der Waals surface area contributed by atoms with Crippen LogP contribution < -0.4 is 10.3 Å². The first-order chi connectivity index (χ1) is 17.5. The van der Waals surface area contributed by atoms with Crippen LogP contribution in [0, 0.1) is 13.5 Å². The van der Waals surface area contributed by atoms with Gasteiger partial charge in [0, 0.05) is 17.8 Å². The molecule has 0 aliphatic heterocycles. The summed E-state index contributed by atoms with van der Waals surface area (Å²) < 4.78 is 75.5. The van der Waals surface area contributed by atoms with Gasteiger partial charge in [-0.2, -0.15) is 22.0 Å². The van der Waals surface area contributed by atoms with Crippen molar-refractivity contribution in [2.75, 3.05) is 0 Å². The van der Waals surface area contributed by atoms with Crippen molar-refractivity contribution in [3.05, 3.63) is 123 Å². The van der Waals surface area contributed by atoms with E-state index in [0.717, 1.165) is 10.1 Å². The fraction of sp³-hybridized carbons (Fsp3) is 0.143. The Hall–Kier alpha value is -4.45. The van der Waals surface area contributed by atoms with Crippen molar-refractivity contribution in [1.82, 2.24) is 4.57 Å². The summed E-state index contributed by atoms with van der Waals surface area (Å²) in [7, 11) is 0. The zero-order valence-electron chi connectivity index (χ0n) is 19.4. The molecule has 188 valence electrons. The number of nitrogens with zero attached hydrogens (tertiary/aromatic N) is 2. The van der Waals surface area contributed by atoms with Gasteiger partial charge in [-0.25, -0.2) is 4.85 Å². The second-order valence-electron chi connectivity index (χ2n) is 8.29. The van der Waals surface area contributed by atoms with Crippen molar-refractivity contribution >= 4 is 5.69 Å². The first-order valence-electron chi connectivity index (χ1n) is 11.0. The van der Waals surface area contributed by atoms with Crippen LogP contribution in [0.25, 0.3) is 16.1 Å². The van der Waals surface area contributed by atoms with Crippen LogP contribution >= 0.6 is 0 Å². The van der Waals surface area contributed by atoms with E-state index in [-0.39, 0.29) is 17.8 Å². The topological polar surface area (TPSA) is 35.6 Å². The molecule has 4 nitrogen and oxygen atoms in total. The van der Waals surface area contributed by atoms with Crippen LogP contribution in [-0.2, 0) is 12.5 Å². The van der Waals surface area contributed by atoms with E-state index < -0.39 is 28.9 Å². The Morgan fingerprint density at radius 3 is 2.03 bits per heavy atom. The van der Waals surface area contributed by atoms with Crippen molar-refractivity contribution in [3.63, 3.8) is 0 Å². The van der Waals surface area contributed by atoms with Gasteiger partial charge in [0.25, 0.3) is 11.2 Å². The van der Waals surface area contributed by atoms with Gasteiger partial charge < -0.3 is 9.30 Å². The molecule has 0 spiro atoms. The molecule has 0 amide bonds. The predicted molar refractivity (Wildman–Crippen MR) is 129 cm³/mol. The number of ether oxygens (including phenoxy) is 1. The average molecular weight is 510 g/mol. The summed E-state index contributed by atoms with van der Waals surface area (Å²) >= 11 is 0. The van der Waals surface area contributed by atoms with Crippen LogP contribution in [0.3, 0.4) is 0 Å². The molecule has 0 unspecified atom stereocenters. The first kappa shape index (κ1) is 25.6. The molecule has 1 heterocycles. The Balaban J connectivity index is 1.88. The molecule has 37 heavy (non-hydrogen) atoms. The van der Waals surface area contributed by atoms with Crippen molar-refractivity contribution in [3.8, 4) is 22.8 Å². The van der Waals surface area contributed by atoms with Crippen LogP contribution in [0.5, 0.6) is 11.5 Å². The van der Waals surface area contributed by atoms with E-state index in [4.69, 9.17) is 11.3 Å². The summed E-state index contributed by atoms with van der Waals surface area (Å²) in [5.41, 5.74) is -2.65. The van der Waals surface area contributed by atoms with E-state index in [1.165, 1.54) is 24.3 Å². The molecule has 0 fully saturated rings. The van der Waals surface area contributed by atoms with Crippen molar-refractivity contribution in [2.24, 2.45) is 0 Å². The minimum Gasteiger partial charge on any atom is -0.457 e. The number of benzene rings is 3. The fourth-order valence-electron chi connectivity index (χ4n) is 3.73. The third kappa shape index (κ3) is 5.23. The van der Waals surface area contributed by atoms with Gasteiger partial charge in [0.05, 0.1) is 6.57 Å². The standard InChI is InChI=1S/C28H19F5N2O2/c1-18-8-10-19(11-9-18)17-35-24(16-23(25(34-2)26(35)36)27(29,30)28(31,32)33)20-12-14-22(15-13-20)37-21-6-4-3-5-7-21/h3-16H,17H2,1H3. The number of hydrogen-bond acceptors (Lipinski definition) is 2. The smallest absolute Gasteiger partial charge is 0.456 e. The van der Waals surface area contributed by atoms with Gasteiger partial charge in [-0.05, 0) is 60.5 Å². The number of hydrogen-bond donors (Lipinski definition) is 0. The number of rotatable bonds is 6. The second kappa shape index (κ2) is 9.90. The first-order valence-corrected chi connectivity index (χ1v) is 11.0. The Bertz CT molecular complexity index is 1500. The number of halogens is 5. The predicted octanol–water partition coefficient (Wildman–Crippen LogP) is 7.87. The van der Waals surface area contributed by atoms with Crippen molar-refractivity contribution < 1.29 is 26.7 Å². The van der Waals surface area contributed by atoms with E-state index in [0.29, 0.717) is 23.1 Å². The number of aryl methyl sites for hydroxylation is 1. The monoisotopic (exact) mass is 510 g/mol. The molecule has 0 atom stereocenters. The highest BCUT2D eigenvalue weighted by Gasteiger charge is 2.60. The minimum absolute atomic E-state index is 0.142. The van der Waals surface area contributed by atoms with Crippen LogP contribution in [0.15, 0.2) is 89.7 Å². The van der Waals surface area contributed by atoms with E-state index >= 15 is 0 Å². The zero-order valence-corrected chi connectivity index (χ0v) is 19.4. The fourth-order valence-corrected chi connectivity index (χ4v) is 3.73. The van der Waals surface area contributed by atoms with Gasteiger partial charge in [0.15, 0.2) is 0 Å². The summed E-state index contributed by atoms with van der Waals surface area (Å²) in [4.78, 5) is 16.0. The molecule has 3 aromatic carbocycles. The van der Waals surface area contributed by atoms with E-state index in [1.54, 1.807) is 48.5 Å². The average Bonchev–Trinajstić information content (AvgIpc) is 2.86. The highest BCUT2D eigenvalue weighted by molar-refractivity contribution is 5.67. The lowest BCUT2D eigenvalue weighted by molar-refractivity contribution is -0.289. The zero-order chi connectivity index (χ0) is 26.8. The normalized spacial score (nSPS) is 11.7. The molecule has 1 aromatic heterocycles. The van der Waals surface area contributed by atoms with Crippen molar-refractivity contribution in [2.45, 2.75) is 25.6 Å². The van der Waals surface area contributed by atoms with Gasteiger partial charge in [-0.15, -0.1) is 0 Å². The number of aromatic nitrogens is 1. The molecular weight excluding hydrogens is 491 g/mol. The summed E-state index contributed by atoms with van der Waals surface area (Å²) in [6.45, 7) is 8.93. The lowest BCUT2D eigenvalue weighted by atomic mass is 10.0. The molecule has 9 heteroatoms. The van der Waals surface area contributed by atoms with E-state index in [1.807, 2.05) is 13.0 Å². The summed E-state index contributed by atoms with van der Waals surface area (Å²) in [5, 5.41) is 0. The largest absolute Gasteiger partial charge is 0.457 e. The number of pyridine rings is 1. The number of para-hydroxylation sites is 1. The molecular formula is C28H19F5N2O2. The van der Waals surface area contributed by atoms with Gasteiger partial charge in [-0.3, -0.25) is 4.79 Å². The Kier molecular flexibility index (Phi) is 6.86. The molecule has 0 N–H and O–H groups in total. The summed E-state index contributed by atoms with van der Waals surface area (Å²) in [6, 6.07) is 22.3. The second-order valence-corrected chi connectivity index (χ2v) is 8.29. The Labute approximate surface area is 209 Å². The molecule has 0 aliphatic rings. The number of alkyl halides is 5.